The monoisotopic (exact) mass is 349 g/mol. The Labute approximate surface area is 151 Å². The van der Waals surface area contributed by atoms with E-state index in [2.05, 4.69) is 10.3 Å². The van der Waals surface area contributed by atoms with Crippen LogP contribution in [0.1, 0.15) is 11.3 Å². The molecular formula is C20H19N3O3. The minimum Gasteiger partial charge on any atom is -0.483 e. The molecule has 1 N–H and O–H groups in total. The Morgan fingerprint density at radius 2 is 2.00 bits per heavy atom. The number of benzene rings is 1. The third kappa shape index (κ3) is 4.57. The number of rotatable bonds is 6. The Bertz CT molecular complexity index is 938. The first-order chi connectivity index (χ1) is 12.6. The highest BCUT2D eigenvalue weighted by Gasteiger charge is 2.09. The van der Waals surface area contributed by atoms with Gasteiger partial charge in [-0.25, -0.2) is 0 Å². The van der Waals surface area contributed by atoms with Gasteiger partial charge in [0.05, 0.1) is 18.1 Å². The number of nitrogens with zero attached hydrogens (tertiary/aromatic N) is 2. The molecule has 6 nitrogen and oxygen atoms in total. The number of pyridine rings is 2. The average molecular weight is 349 g/mol. The molecular weight excluding hydrogens is 330 g/mol. The number of anilines is 1. The molecule has 26 heavy (non-hydrogen) atoms. The van der Waals surface area contributed by atoms with Crippen LogP contribution in [0.2, 0.25) is 0 Å². The lowest BCUT2D eigenvalue weighted by molar-refractivity contribution is -0.116. The summed E-state index contributed by atoms with van der Waals surface area (Å²) in [5.74, 6) is 0.00684. The standard InChI is InChI=1S/C20H19N3O3/c1-15-10-18(24)19(26-14-16-6-3-2-4-7-16)12-23(15)13-20(25)22-17-8-5-9-21-11-17/h2-12H,13-14H2,1H3,(H,22,25). The van der Waals surface area contributed by atoms with Crippen LogP contribution in [-0.4, -0.2) is 15.5 Å². The van der Waals surface area contributed by atoms with Crippen molar-refractivity contribution in [3.8, 4) is 5.75 Å². The normalized spacial score (nSPS) is 10.3. The first kappa shape index (κ1) is 17.4. The summed E-state index contributed by atoms with van der Waals surface area (Å²) in [5.41, 5.74) is 2.07. The van der Waals surface area contributed by atoms with E-state index in [1.807, 2.05) is 30.3 Å². The first-order valence-corrected chi connectivity index (χ1v) is 8.19. The van der Waals surface area contributed by atoms with Crippen LogP contribution in [0.3, 0.4) is 0 Å². The van der Waals surface area contributed by atoms with Gasteiger partial charge < -0.3 is 14.6 Å². The summed E-state index contributed by atoms with van der Waals surface area (Å²) < 4.78 is 7.33. The van der Waals surface area contributed by atoms with Gasteiger partial charge in [0.25, 0.3) is 0 Å². The van der Waals surface area contributed by atoms with Gasteiger partial charge in [-0.15, -0.1) is 0 Å². The topological polar surface area (TPSA) is 73.2 Å². The van der Waals surface area contributed by atoms with Gasteiger partial charge in [0, 0.05) is 18.0 Å². The van der Waals surface area contributed by atoms with Crippen molar-refractivity contribution in [1.82, 2.24) is 9.55 Å². The summed E-state index contributed by atoms with van der Waals surface area (Å²) in [6.45, 7) is 2.14. The quantitative estimate of drug-likeness (QED) is 0.743. The van der Waals surface area contributed by atoms with Gasteiger partial charge in [-0.1, -0.05) is 30.3 Å². The number of nitrogens with one attached hydrogen (secondary N) is 1. The summed E-state index contributed by atoms with van der Waals surface area (Å²) in [5, 5.41) is 2.77. The lowest BCUT2D eigenvalue weighted by Crippen LogP contribution is -2.22. The Hall–Kier alpha value is -3.41. The Kier molecular flexibility index (Phi) is 5.43. The molecule has 2 aromatic heterocycles. The van der Waals surface area contributed by atoms with Gasteiger partial charge in [-0.3, -0.25) is 14.6 Å². The van der Waals surface area contributed by atoms with Crippen molar-refractivity contribution >= 4 is 11.6 Å². The van der Waals surface area contributed by atoms with Gasteiger partial charge >= 0.3 is 0 Å². The fourth-order valence-electron chi connectivity index (χ4n) is 2.46. The van der Waals surface area contributed by atoms with Crippen LogP contribution in [0.25, 0.3) is 0 Å². The number of hydrogen-bond donors (Lipinski definition) is 1. The van der Waals surface area contributed by atoms with Gasteiger partial charge in [-0.05, 0) is 24.6 Å². The predicted octanol–water partition coefficient (Wildman–Crippen LogP) is 2.77. The second-order valence-electron chi connectivity index (χ2n) is 5.84. The maximum Gasteiger partial charge on any atom is 0.244 e. The summed E-state index contributed by atoms with van der Waals surface area (Å²) in [4.78, 5) is 28.3. The molecule has 0 fully saturated rings. The summed E-state index contributed by atoms with van der Waals surface area (Å²) >= 11 is 0. The Morgan fingerprint density at radius 1 is 1.19 bits per heavy atom. The van der Waals surface area contributed by atoms with Crippen LogP contribution in [0, 0.1) is 6.92 Å². The SMILES string of the molecule is Cc1cc(=O)c(OCc2ccccc2)cn1CC(=O)Nc1cccnc1. The minimum atomic E-state index is -0.209. The molecule has 0 atom stereocenters. The van der Waals surface area contributed by atoms with E-state index in [-0.39, 0.29) is 23.6 Å². The Balaban J connectivity index is 1.71. The van der Waals surface area contributed by atoms with E-state index in [1.165, 1.54) is 6.07 Å². The third-order valence-electron chi connectivity index (χ3n) is 3.81. The van der Waals surface area contributed by atoms with Crippen molar-refractivity contribution in [3.63, 3.8) is 0 Å². The number of aromatic nitrogens is 2. The highest BCUT2D eigenvalue weighted by atomic mass is 16.5. The molecule has 0 radical (unpaired) electrons. The van der Waals surface area contributed by atoms with Crippen molar-refractivity contribution in [2.75, 3.05) is 5.32 Å². The van der Waals surface area contributed by atoms with E-state index in [4.69, 9.17) is 4.74 Å². The number of hydrogen-bond acceptors (Lipinski definition) is 4. The largest absolute Gasteiger partial charge is 0.483 e. The molecule has 1 aromatic carbocycles. The summed E-state index contributed by atoms with van der Waals surface area (Å²) in [6.07, 6.45) is 4.78. The molecule has 3 rings (SSSR count). The van der Waals surface area contributed by atoms with Gasteiger partial charge in [0.15, 0.2) is 5.75 Å². The lowest BCUT2D eigenvalue weighted by Gasteiger charge is -2.13. The van der Waals surface area contributed by atoms with E-state index >= 15 is 0 Å². The van der Waals surface area contributed by atoms with Crippen molar-refractivity contribution in [2.45, 2.75) is 20.1 Å². The third-order valence-corrected chi connectivity index (χ3v) is 3.81. The molecule has 0 saturated heterocycles. The van der Waals surface area contributed by atoms with Crippen LogP contribution in [-0.2, 0) is 17.9 Å². The highest BCUT2D eigenvalue weighted by molar-refractivity contribution is 5.90. The minimum absolute atomic E-state index is 0.0721. The average Bonchev–Trinajstić information content (AvgIpc) is 2.64. The zero-order valence-electron chi connectivity index (χ0n) is 14.4. The molecule has 1 amide bonds. The van der Waals surface area contributed by atoms with E-state index in [9.17, 15) is 9.59 Å². The van der Waals surface area contributed by atoms with E-state index in [0.717, 1.165) is 5.56 Å². The van der Waals surface area contributed by atoms with Crippen molar-refractivity contribution < 1.29 is 9.53 Å². The van der Waals surface area contributed by atoms with Gasteiger partial charge in [0.1, 0.15) is 13.2 Å². The van der Waals surface area contributed by atoms with Gasteiger partial charge in [0.2, 0.25) is 11.3 Å². The number of carbonyl (C=O) groups excluding carboxylic acids is 1. The zero-order valence-corrected chi connectivity index (χ0v) is 14.4. The predicted molar refractivity (Wildman–Crippen MR) is 99.1 cm³/mol. The molecule has 0 aliphatic heterocycles. The van der Waals surface area contributed by atoms with Crippen LogP contribution in [0.15, 0.2) is 71.9 Å². The summed E-state index contributed by atoms with van der Waals surface area (Å²) in [7, 11) is 0. The van der Waals surface area contributed by atoms with Crippen LogP contribution in [0.5, 0.6) is 5.75 Å². The van der Waals surface area contributed by atoms with E-state index in [1.54, 1.807) is 42.2 Å². The molecule has 0 spiro atoms. The van der Waals surface area contributed by atoms with Crippen LogP contribution in [0.4, 0.5) is 5.69 Å². The van der Waals surface area contributed by atoms with Crippen molar-refractivity contribution in [1.29, 1.82) is 0 Å². The molecule has 132 valence electrons. The maximum atomic E-state index is 12.2. The number of carbonyl (C=O) groups is 1. The van der Waals surface area contributed by atoms with E-state index < -0.39 is 0 Å². The number of amides is 1. The number of ether oxygens (including phenoxy) is 1. The fourth-order valence-corrected chi connectivity index (χ4v) is 2.46. The van der Waals surface area contributed by atoms with Crippen molar-refractivity contribution in [2.24, 2.45) is 0 Å². The molecule has 2 heterocycles. The maximum absolute atomic E-state index is 12.2. The second-order valence-corrected chi connectivity index (χ2v) is 5.84. The molecule has 3 aromatic rings. The molecule has 0 saturated carbocycles. The lowest BCUT2D eigenvalue weighted by atomic mass is 10.2. The van der Waals surface area contributed by atoms with Gasteiger partial charge in [-0.2, -0.15) is 0 Å². The Morgan fingerprint density at radius 3 is 2.73 bits per heavy atom. The molecule has 0 aliphatic carbocycles. The summed E-state index contributed by atoms with van der Waals surface area (Å²) in [6, 6.07) is 14.6. The molecule has 6 heteroatoms. The smallest absolute Gasteiger partial charge is 0.244 e. The van der Waals surface area contributed by atoms with Crippen LogP contribution >= 0.6 is 0 Å². The number of aryl methyl sites for hydroxylation is 1. The molecule has 0 aliphatic rings. The fraction of sp³-hybridized carbons (Fsp3) is 0.150. The van der Waals surface area contributed by atoms with Crippen LogP contribution < -0.4 is 15.5 Å². The second kappa shape index (κ2) is 8.11. The molecule has 0 unspecified atom stereocenters. The highest BCUT2D eigenvalue weighted by Crippen LogP contribution is 2.10. The zero-order chi connectivity index (χ0) is 18.4. The van der Waals surface area contributed by atoms with E-state index in [0.29, 0.717) is 18.0 Å². The first-order valence-electron chi connectivity index (χ1n) is 8.19. The van der Waals surface area contributed by atoms with Crippen molar-refractivity contribution in [3.05, 3.63) is 88.6 Å². The molecule has 0 bridgehead atoms.